The zero-order valence-electron chi connectivity index (χ0n) is 14.7. The van der Waals surface area contributed by atoms with Crippen LogP contribution >= 0.6 is 0 Å². The maximum Gasteiger partial charge on any atom is 0.306 e. The van der Waals surface area contributed by atoms with Crippen LogP contribution in [0.25, 0.3) is 0 Å². The summed E-state index contributed by atoms with van der Waals surface area (Å²) in [6, 6.07) is 8.31. The van der Waals surface area contributed by atoms with Crippen molar-refractivity contribution in [1.29, 1.82) is 0 Å². The van der Waals surface area contributed by atoms with Crippen LogP contribution < -0.4 is 5.32 Å². The van der Waals surface area contributed by atoms with Gasteiger partial charge in [-0.25, -0.2) is 0 Å². The normalized spacial score (nSPS) is 29.9. The highest BCUT2D eigenvalue weighted by atomic mass is 16.5. The quantitative estimate of drug-likeness (QED) is 0.833. The Bertz CT molecular complexity index is 656. The average Bonchev–Trinajstić information content (AvgIpc) is 3.23. The predicted octanol–water partition coefficient (Wildman–Crippen LogP) is 3.55. The Morgan fingerprint density at radius 3 is 2.80 bits per heavy atom. The van der Waals surface area contributed by atoms with Crippen molar-refractivity contribution in [3.8, 4) is 0 Å². The smallest absolute Gasteiger partial charge is 0.306 e. The summed E-state index contributed by atoms with van der Waals surface area (Å²) in [6.45, 7) is -0.154. The number of ether oxygens (including phenoxy) is 1. The maximum absolute atomic E-state index is 12.2. The van der Waals surface area contributed by atoms with Crippen LogP contribution in [0.2, 0.25) is 0 Å². The summed E-state index contributed by atoms with van der Waals surface area (Å²) in [6.07, 6.45) is 8.64. The second kappa shape index (κ2) is 7.19. The van der Waals surface area contributed by atoms with Crippen LogP contribution in [0.3, 0.4) is 0 Å². The fourth-order valence-corrected chi connectivity index (χ4v) is 5.19. The third-order valence-electron chi connectivity index (χ3n) is 6.38. The molecule has 134 valence electrons. The summed E-state index contributed by atoms with van der Waals surface area (Å²) >= 11 is 0. The molecule has 3 aliphatic carbocycles. The van der Waals surface area contributed by atoms with Crippen LogP contribution in [0.5, 0.6) is 0 Å². The van der Waals surface area contributed by atoms with Crippen LogP contribution in [0.4, 0.5) is 0 Å². The number of esters is 1. The van der Waals surface area contributed by atoms with Crippen molar-refractivity contribution in [2.45, 2.75) is 57.4 Å². The first-order chi connectivity index (χ1) is 12.2. The minimum atomic E-state index is -0.211. The van der Waals surface area contributed by atoms with Gasteiger partial charge in [0.2, 0.25) is 0 Å². The van der Waals surface area contributed by atoms with E-state index in [1.807, 2.05) is 12.1 Å². The van der Waals surface area contributed by atoms with Crippen molar-refractivity contribution in [3.63, 3.8) is 0 Å². The molecule has 2 saturated carbocycles. The summed E-state index contributed by atoms with van der Waals surface area (Å²) in [4.78, 5) is 24.3. The lowest BCUT2D eigenvalue weighted by molar-refractivity contribution is -0.150. The Labute approximate surface area is 149 Å². The molecule has 4 nitrogen and oxygen atoms in total. The van der Waals surface area contributed by atoms with Gasteiger partial charge < -0.3 is 10.1 Å². The van der Waals surface area contributed by atoms with Crippen molar-refractivity contribution in [2.24, 2.45) is 17.8 Å². The van der Waals surface area contributed by atoms with E-state index in [1.165, 1.54) is 36.8 Å². The van der Waals surface area contributed by atoms with Gasteiger partial charge in [-0.1, -0.05) is 30.7 Å². The molecule has 0 heterocycles. The Hall–Kier alpha value is -1.84. The largest absolute Gasteiger partial charge is 0.456 e. The van der Waals surface area contributed by atoms with E-state index in [0.29, 0.717) is 18.3 Å². The van der Waals surface area contributed by atoms with Crippen molar-refractivity contribution >= 4 is 11.9 Å². The molecule has 0 unspecified atom stereocenters. The molecule has 1 aromatic rings. The van der Waals surface area contributed by atoms with Crippen molar-refractivity contribution in [2.75, 3.05) is 6.61 Å². The second-order valence-electron chi connectivity index (χ2n) is 8.01. The van der Waals surface area contributed by atoms with Gasteiger partial charge in [0.15, 0.2) is 6.61 Å². The number of carbonyl (C=O) groups is 2. The molecule has 1 N–H and O–H groups in total. The minimum absolute atomic E-state index is 0.0433. The summed E-state index contributed by atoms with van der Waals surface area (Å²) in [5.41, 5.74) is 2.52. The van der Waals surface area contributed by atoms with E-state index in [1.54, 1.807) is 0 Å². The van der Waals surface area contributed by atoms with Gasteiger partial charge in [0, 0.05) is 6.42 Å². The van der Waals surface area contributed by atoms with Crippen molar-refractivity contribution in [1.82, 2.24) is 5.32 Å². The van der Waals surface area contributed by atoms with Gasteiger partial charge in [0.05, 0.1) is 6.04 Å². The fraction of sp³-hybridized carbons (Fsp3) is 0.619. The molecule has 4 heteroatoms. The summed E-state index contributed by atoms with van der Waals surface area (Å²) in [7, 11) is 0. The molecule has 2 fully saturated rings. The Morgan fingerprint density at radius 2 is 2.00 bits per heavy atom. The zero-order chi connectivity index (χ0) is 17.2. The number of amides is 1. The molecule has 25 heavy (non-hydrogen) atoms. The third-order valence-corrected chi connectivity index (χ3v) is 6.38. The zero-order valence-corrected chi connectivity index (χ0v) is 14.7. The van der Waals surface area contributed by atoms with Gasteiger partial charge in [0.1, 0.15) is 0 Å². The fourth-order valence-electron chi connectivity index (χ4n) is 5.19. The van der Waals surface area contributed by atoms with Gasteiger partial charge in [-0.05, 0) is 67.4 Å². The molecule has 0 aliphatic heterocycles. The number of nitrogens with one attached hydrogen (secondary N) is 1. The van der Waals surface area contributed by atoms with Gasteiger partial charge in [-0.2, -0.15) is 0 Å². The minimum Gasteiger partial charge on any atom is -0.456 e. The lowest BCUT2D eigenvalue weighted by atomic mass is 9.86. The molecule has 0 spiro atoms. The van der Waals surface area contributed by atoms with E-state index >= 15 is 0 Å². The molecule has 1 amide bonds. The highest BCUT2D eigenvalue weighted by Gasteiger charge is 2.40. The molecular formula is C21H27NO3. The van der Waals surface area contributed by atoms with E-state index in [2.05, 4.69) is 17.4 Å². The van der Waals surface area contributed by atoms with Crippen LogP contribution in [-0.4, -0.2) is 18.5 Å². The first kappa shape index (κ1) is 16.6. The van der Waals surface area contributed by atoms with E-state index in [4.69, 9.17) is 4.74 Å². The van der Waals surface area contributed by atoms with Gasteiger partial charge >= 0.3 is 5.97 Å². The molecule has 2 bridgehead atoms. The van der Waals surface area contributed by atoms with Crippen molar-refractivity contribution in [3.05, 3.63) is 35.4 Å². The lowest BCUT2D eigenvalue weighted by Gasteiger charge is -2.26. The van der Waals surface area contributed by atoms with Crippen LogP contribution in [0.15, 0.2) is 24.3 Å². The Balaban J connectivity index is 1.24. The summed E-state index contributed by atoms with van der Waals surface area (Å²) < 4.78 is 5.25. The Kier molecular flexibility index (Phi) is 4.78. The number of aryl methyl sites for hydroxylation is 1. The Morgan fingerprint density at radius 1 is 1.12 bits per heavy atom. The SMILES string of the molecule is O=C(COC(=O)C[C@H]1C[C@H]2CC[C@H]1C2)N[C@@H]1CCCc2ccccc21. The molecule has 0 radical (unpaired) electrons. The van der Waals surface area contributed by atoms with Gasteiger partial charge in [0.25, 0.3) is 5.91 Å². The molecule has 0 saturated heterocycles. The molecule has 4 rings (SSSR count). The first-order valence-electron chi connectivity index (χ1n) is 9.72. The molecule has 4 atom stereocenters. The summed E-state index contributed by atoms with van der Waals surface area (Å²) in [5, 5.41) is 3.03. The molecule has 3 aliphatic rings. The number of fused-ring (bicyclic) bond motifs is 3. The average molecular weight is 341 g/mol. The van der Waals surface area contributed by atoms with E-state index in [9.17, 15) is 9.59 Å². The number of carbonyl (C=O) groups excluding carboxylic acids is 2. The van der Waals surface area contributed by atoms with Crippen LogP contribution in [0, 0.1) is 17.8 Å². The maximum atomic E-state index is 12.2. The lowest BCUT2D eigenvalue weighted by Crippen LogP contribution is -2.34. The molecular weight excluding hydrogens is 314 g/mol. The summed E-state index contributed by atoms with van der Waals surface area (Å²) in [5.74, 6) is 1.63. The number of hydrogen-bond donors (Lipinski definition) is 1. The first-order valence-corrected chi connectivity index (χ1v) is 9.72. The van der Waals surface area contributed by atoms with E-state index in [-0.39, 0.29) is 24.5 Å². The monoisotopic (exact) mass is 341 g/mol. The number of hydrogen-bond acceptors (Lipinski definition) is 3. The standard InChI is InChI=1S/C21H27NO3/c23-20(22-19-7-3-5-15-4-1-2-6-18(15)19)13-25-21(24)12-17-11-14-8-9-16(17)10-14/h1-2,4,6,14,16-17,19H,3,5,7-13H2,(H,22,23)/t14-,16-,17+,19+/m0/s1. The van der Waals surface area contributed by atoms with Crippen molar-refractivity contribution < 1.29 is 14.3 Å². The van der Waals surface area contributed by atoms with Crippen LogP contribution in [0.1, 0.15) is 62.1 Å². The van der Waals surface area contributed by atoms with Gasteiger partial charge in [-0.3, -0.25) is 9.59 Å². The third kappa shape index (κ3) is 3.73. The molecule has 1 aromatic carbocycles. The van der Waals surface area contributed by atoms with E-state index in [0.717, 1.165) is 25.2 Å². The highest BCUT2D eigenvalue weighted by molar-refractivity contribution is 5.81. The predicted molar refractivity (Wildman–Crippen MR) is 94.8 cm³/mol. The topological polar surface area (TPSA) is 55.4 Å². The molecule has 0 aromatic heterocycles. The highest BCUT2D eigenvalue weighted by Crippen LogP contribution is 2.49. The number of rotatable bonds is 5. The number of benzene rings is 1. The van der Waals surface area contributed by atoms with E-state index < -0.39 is 0 Å². The van der Waals surface area contributed by atoms with Gasteiger partial charge in [-0.15, -0.1) is 0 Å². The van der Waals surface area contributed by atoms with Crippen LogP contribution in [-0.2, 0) is 20.7 Å². The second-order valence-corrected chi connectivity index (χ2v) is 8.01.